The van der Waals surface area contributed by atoms with Crippen LogP contribution in [0.1, 0.15) is 59.4 Å². The van der Waals surface area contributed by atoms with E-state index < -0.39 is 10.0 Å². The Morgan fingerprint density at radius 1 is 0.952 bits per heavy atom. The molecule has 0 spiro atoms. The summed E-state index contributed by atoms with van der Waals surface area (Å²) in [6.07, 6.45) is 3.69. The fraction of sp³-hybridized carbons (Fsp3) is 0.647. The molecule has 0 aliphatic rings. The molecular weight excluding hydrogens is 282 g/mol. The van der Waals surface area contributed by atoms with Crippen LogP contribution in [0.5, 0.6) is 0 Å². The van der Waals surface area contributed by atoms with E-state index in [1.54, 1.807) is 16.4 Å². The number of hydrogen-bond donors (Lipinski definition) is 0. The summed E-state index contributed by atoms with van der Waals surface area (Å²) in [5.74, 6) is 0. The molecule has 0 heterocycles. The first kappa shape index (κ1) is 18.2. The molecule has 0 aliphatic heterocycles. The first-order valence-electron chi connectivity index (χ1n) is 8.00. The van der Waals surface area contributed by atoms with Gasteiger partial charge in [-0.3, -0.25) is 0 Å². The second-order valence-electron chi connectivity index (χ2n) is 5.74. The van der Waals surface area contributed by atoms with Crippen LogP contribution in [0, 0.1) is 0 Å². The van der Waals surface area contributed by atoms with Gasteiger partial charge < -0.3 is 0 Å². The molecule has 0 aromatic heterocycles. The Morgan fingerprint density at radius 3 is 1.81 bits per heavy atom. The van der Waals surface area contributed by atoms with Gasteiger partial charge in [-0.25, -0.2) is 8.42 Å². The molecule has 2 unspecified atom stereocenters. The third-order valence-electron chi connectivity index (χ3n) is 4.09. The zero-order chi connectivity index (χ0) is 16.0. The molecule has 0 saturated carbocycles. The molecule has 0 radical (unpaired) electrons. The number of sulfonamides is 1. The van der Waals surface area contributed by atoms with Crippen molar-refractivity contribution >= 4 is 10.0 Å². The van der Waals surface area contributed by atoms with Gasteiger partial charge in [0.05, 0.1) is 4.90 Å². The quantitative estimate of drug-likeness (QED) is 0.720. The lowest BCUT2D eigenvalue weighted by atomic mass is 10.1. The predicted molar refractivity (Wildman–Crippen MR) is 89.0 cm³/mol. The lowest BCUT2D eigenvalue weighted by Gasteiger charge is -2.32. The van der Waals surface area contributed by atoms with Crippen molar-refractivity contribution in [3.63, 3.8) is 0 Å². The van der Waals surface area contributed by atoms with Crippen molar-refractivity contribution in [1.82, 2.24) is 4.31 Å². The second kappa shape index (κ2) is 7.95. The van der Waals surface area contributed by atoms with E-state index in [2.05, 4.69) is 6.92 Å². The Balaban J connectivity index is 3.16. The number of aryl methyl sites for hydroxylation is 1. The van der Waals surface area contributed by atoms with Crippen LogP contribution >= 0.6 is 0 Å². The Bertz CT molecular complexity index is 512. The van der Waals surface area contributed by atoms with Crippen molar-refractivity contribution < 1.29 is 8.42 Å². The second-order valence-corrected chi connectivity index (χ2v) is 7.59. The van der Waals surface area contributed by atoms with Gasteiger partial charge in [0.25, 0.3) is 0 Å². The minimum atomic E-state index is -3.42. The van der Waals surface area contributed by atoms with Crippen molar-refractivity contribution in [3.8, 4) is 0 Å². The van der Waals surface area contributed by atoms with Gasteiger partial charge in [0.15, 0.2) is 0 Å². The molecule has 0 saturated heterocycles. The van der Waals surface area contributed by atoms with E-state index in [0.29, 0.717) is 4.90 Å². The van der Waals surface area contributed by atoms with Gasteiger partial charge in [-0.2, -0.15) is 4.31 Å². The smallest absolute Gasteiger partial charge is 0.207 e. The van der Waals surface area contributed by atoms with Crippen LogP contribution in [0.25, 0.3) is 0 Å². The maximum absolute atomic E-state index is 12.9. The highest BCUT2D eigenvalue weighted by Gasteiger charge is 2.31. The molecule has 120 valence electrons. The molecule has 0 amide bonds. The summed E-state index contributed by atoms with van der Waals surface area (Å²) in [4.78, 5) is 0.406. The Hall–Kier alpha value is -0.870. The maximum atomic E-state index is 12.9. The van der Waals surface area contributed by atoms with E-state index in [9.17, 15) is 8.42 Å². The molecule has 0 N–H and O–H groups in total. The molecule has 4 heteroatoms. The summed E-state index contributed by atoms with van der Waals surface area (Å²) in [6, 6.07) is 7.39. The van der Waals surface area contributed by atoms with Crippen molar-refractivity contribution in [2.45, 2.75) is 77.3 Å². The van der Waals surface area contributed by atoms with Crippen LogP contribution in [0.2, 0.25) is 0 Å². The molecular formula is C17H29NO2S. The van der Waals surface area contributed by atoms with Gasteiger partial charge in [0, 0.05) is 12.1 Å². The highest BCUT2D eigenvalue weighted by atomic mass is 32.2. The molecule has 1 aromatic carbocycles. The average molecular weight is 311 g/mol. The van der Waals surface area contributed by atoms with Crippen LogP contribution in [-0.4, -0.2) is 24.8 Å². The first-order chi connectivity index (χ1) is 9.88. The van der Waals surface area contributed by atoms with Crippen molar-refractivity contribution in [3.05, 3.63) is 29.8 Å². The van der Waals surface area contributed by atoms with Crippen molar-refractivity contribution in [2.24, 2.45) is 0 Å². The first-order valence-corrected chi connectivity index (χ1v) is 9.44. The third-order valence-corrected chi connectivity index (χ3v) is 6.23. The molecule has 2 atom stereocenters. The number of benzene rings is 1. The average Bonchev–Trinajstić information content (AvgIpc) is 2.47. The maximum Gasteiger partial charge on any atom is 0.243 e. The van der Waals surface area contributed by atoms with E-state index >= 15 is 0 Å². The van der Waals surface area contributed by atoms with Gasteiger partial charge in [0.2, 0.25) is 10.0 Å². The van der Waals surface area contributed by atoms with E-state index in [0.717, 1.165) is 25.7 Å². The standard InChI is InChI=1S/C17H29NO2S/c1-6-9-16-10-12-17(13-11-16)21(19,20)18(14(4)7-2)15(5)8-3/h10-15H,6-9H2,1-5H3. The fourth-order valence-electron chi connectivity index (χ4n) is 2.51. The van der Waals surface area contributed by atoms with Gasteiger partial charge in [0.1, 0.15) is 0 Å². The minimum Gasteiger partial charge on any atom is -0.207 e. The van der Waals surface area contributed by atoms with E-state index in [-0.39, 0.29) is 12.1 Å². The van der Waals surface area contributed by atoms with Crippen LogP contribution in [-0.2, 0) is 16.4 Å². The molecule has 21 heavy (non-hydrogen) atoms. The van der Waals surface area contributed by atoms with E-state index in [1.807, 2.05) is 39.8 Å². The van der Waals surface area contributed by atoms with Gasteiger partial charge >= 0.3 is 0 Å². The lowest BCUT2D eigenvalue weighted by molar-refractivity contribution is 0.262. The van der Waals surface area contributed by atoms with E-state index in [1.165, 1.54) is 5.56 Å². The Morgan fingerprint density at radius 2 is 1.43 bits per heavy atom. The fourth-order valence-corrected chi connectivity index (χ4v) is 4.48. The van der Waals surface area contributed by atoms with Gasteiger partial charge in [-0.05, 0) is 50.8 Å². The summed E-state index contributed by atoms with van der Waals surface area (Å²) < 4.78 is 27.5. The van der Waals surface area contributed by atoms with Crippen LogP contribution in [0.15, 0.2) is 29.2 Å². The number of hydrogen-bond acceptors (Lipinski definition) is 2. The summed E-state index contributed by atoms with van der Waals surface area (Å²) >= 11 is 0. The molecule has 0 fully saturated rings. The summed E-state index contributed by atoms with van der Waals surface area (Å²) in [7, 11) is -3.42. The SMILES string of the molecule is CCCc1ccc(S(=O)(=O)N(C(C)CC)C(C)CC)cc1. The lowest BCUT2D eigenvalue weighted by Crippen LogP contribution is -2.44. The molecule has 0 bridgehead atoms. The zero-order valence-electron chi connectivity index (χ0n) is 14.0. The molecule has 1 rings (SSSR count). The molecule has 0 aliphatic carbocycles. The van der Waals surface area contributed by atoms with E-state index in [4.69, 9.17) is 0 Å². The Kier molecular flexibility index (Phi) is 6.88. The van der Waals surface area contributed by atoms with Crippen LogP contribution < -0.4 is 0 Å². The monoisotopic (exact) mass is 311 g/mol. The van der Waals surface area contributed by atoms with Crippen molar-refractivity contribution in [2.75, 3.05) is 0 Å². The van der Waals surface area contributed by atoms with Gasteiger partial charge in [-0.1, -0.05) is 39.3 Å². The highest BCUT2D eigenvalue weighted by Crippen LogP contribution is 2.24. The number of rotatable bonds is 8. The normalized spacial score (nSPS) is 15.1. The van der Waals surface area contributed by atoms with Crippen LogP contribution in [0.4, 0.5) is 0 Å². The molecule has 3 nitrogen and oxygen atoms in total. The predicted octanol–water partition coefficient (Wildman–Crippen LogP) is 4.23. The van der Waals surface area contributed by atoms with Gasteiger partial charge in [-0.15, -0.1) is 0 Å². The minimum absolute atomic E-state index is 0.0141. The Labute approximate surface area is 130 Å². The summed E-state index contributed by atoms with van der Waals surface area (Å²) in [5.41, 5.74) is 1.19. The molecule has 1 aromatic rings. The largest absolute Gasteiger partial charge is 0.243 e. The summed E-state index contributed by atoms with van der Waals surface area (Å²) in [5, 5.41) is 0. The zero-order valence-corrected chi connectivity index (χ0v) is 14.8. The topological polar surface area (TPSA) is 37.4 Å². The number of nitrogens with zero attached hydrogens (tertiary/aromatic N) is 1. The summed E-state index contributed by atoms with van der Waals surface area (Å²) in [6.45, 7) is 10.1. The van der Waals surface area contributed by atoms with Crippen LogP contribution in [0.3, 0.4) is 0 Å². The van der Waals surface area contributed by atoms with Crippen molar-refractivity contribution in [1.29, 1.82) is 0 Å². The third kappa shape index (κ3) is 4.30. The highest BCUT2D eigenvalue weighted by molar-refractivity contribution is 7.89.